The molecule has 0 saturated carbocycles. The summed E-state index contributed by atoms with van der Waals surface area (Å²) in [6, 6.07) is 13.2. The topological polar surface area (TPSA) is 74.8 Å². The molecule has 0 radical (unpaired) electrons. The van der Waals surface area contributed by atoms with Crippen LogP contribution in [0.15, 0.2) is 46.9 Å². The highest BCUT2D eigenvalue weighted by Gasteiger charge is 2.40. The zero-order valence-electron chi connectivity index (χ0n) is 29.1. The van der Waals surface area contributed by atoms with Gasteiger partial charge >= 0.3 is 0 Å². The lowest BCUT2D eigenvalue weighted by molar-refractivity contribution is 0.0502. The molecule has 0 spiro atoms. The molecule has 7 heteroatoms. The van der Waals surface area contributed by atoms with Crippen LogP contribution in [0.4, 0.5) is 0 Å². The van der Waals surface area contributed by atoms with E-state index in [0.717, 1.165) is 114 Å². The Bertz CT molecular complexity index is 2110. The molecule has 2 aliphatic rings. The van der Waals surface area contributed by atoms with E-state index in [1.807, 2.05) is 42.5 Å². The quantitative estimate of drug-likeness (QED) is 0.0650. The molecule has 6 nitrogen and oxygen atoms in total. The average molecular weight is 722 g/mol. The van der Waals surface area contributed by atoms with E-state index in [1.165, 1.54) is 4.90 Å². The zero-order chi connectivity index (χ0) is 34.6. The molecule has 7 rings (SSSR count). The largest absolute Gasteiger partial charge is 0.271 e. The first-order chi connectivity index (χ1) is 23.8. The summed E-state index contributed by atoms with van der Waals surface area (Å²) in [5, 5.41) is 6.73. The normalized spacial score (nSPS) is 14.8. The SMILES string of the molecule is CCCCC(CCCC)N1C(=O)c2ccc3c4ccc5c6c(cc(Br)c(c7ccc(c2c37)C1=O)c64)C(=O)N(C(CCCC)CCCC)C5=O. The molecule has 0 bridgehead atoms. The van der Waals surface area contributed by atoms with Gasteiger partial charge in [-0.2, -0.15) is 0 Å². The summed E-state index contributed by atoms with van der Waals surface area (Å²) in [5.41, 5.74) is 2.22. The maximum absolute atomic E-state index is 14.3. The molecule has 0 N–H and O–H groups in total. The van der Waals surface area contributed by atoms with Gasteiger partial charge in [0.1, 0.15) is 0 Å². The molecule has 49 heavy (non-hydrogen) atoms. The van der Waals surface area contributed by atoms with Crippen LogP contribution in [0.2, 0.25) is 0 Å². The number of halogens is 1. The monoisotopic (exact) mass is 720 g/mol. The molecular weight excluding hydrogens is 676 g/mol. The van der Waals surface area contributed by atoms with Crippen molar-refractivity contribution in [1.29, 1.82) is 0 Å². The molecule has 0 aliphatic carbocycles. The number of imide groups is 2. The number of hydrogen-bond acceptors (Lipinski definition) is 4. The Morgan fingerprint density at radius 3 is 1.27 bits per heavy atom. The maximum Gasteiger partial charge on any atom is 0.261 e. The van der Waals surface area contributed by atoms with Crippen molar-refractivity contribution in [3.05, 3.63) is 69.2 Å². The minimum atomic E-state index is -0.230. The zero-order valence-corrected chi connectivity index (χ0v) is 30.7. The highest BCUT2D eigenvalue weighted by molar-refractivity contribution is 9.10. The van der Waals surface area contributed by atoms with Crippen LogP contribution >= 0.6 is 15.9 Å². The summed E-state index contributed by atoms with van der Waals surface area (Å²) in [7, 11) is 0. The van der Waals surface area contributed by atoms with Gasteiger partial charge in [0.25, 0.3) is 23.6 Å². The van der Waals surface area contributed by atoms with Gasteiger partial charge in [0, 0.05) is 60.4 Å². The van der Waals surface area contributed by atoms with Gasteiger partial charge in [0.05, 0.1) is 0 Å². The molecule has 2 heterocycles. The molecule has 0 atom stereocenters. The summed E-state index contributed by atoms with van der Waals surface area (Å²) in [4.78, 5) is 60.2. The number of fused-ring (bicyclic) bond motifs is 2. The molecule has 254 valence electrons. The molecule has 5 aromatic rings. The Kier molecular flexibility index (Phi) is 9.25. The van der Waals surface area contributed by atoms with Crippen LogP contribution in [0.5, 0.6) is 0 Å². The predicted molar refractivity (Wildman–Crippen MR) is 202 cm³/mol. The fraction of sp³-hybridized carbons (Fsp3) is 0.429. The number of nitrogens with zero attached hydrogens (tertiary/aromatic N) is 2. The molecule has 0 unspecified atom stereocenters. The highest BCUT2D eigenvalue weighted by Crippen LogP contribution is 2.49. The lowest BCUT2D eigenvalue weighted by Gasteiger charge is -2.35. The fourth-order valence-corrected chi connectivity index (χ4v) is 9.22. The van der Waals surface area contributed by atoms with Crippen molar-refractivity contribution < 1.29 is 19.2 Å². The van der Waals surface area contributed by atoms with Crippen molar-refractivity contribution in [1.82, 2.24) is 9.80 Å². The van der Waals surface area contributed by atoms with E-state index in [0.29, 0.717) is 33.0 Å². The van der Waals surface area contributed by atoms with E-state index < -0.39 is 0 Å². The minimum absolute atomic E-state index is 0.125. The van der Waals surface area contributed by atoms with Crippen LogP contribution in [0.25, 0.3) is 43.1 Å². The Labute approximate surface area is 296 Å². The Hall–Kier alpha value is -3.84. The van der Waals surface area contributed by atoms with Crippen molar-refractivity contribution in [2.45, 2.75) is 117 Å². The summed E-state index contributed by atoms with van der Waals surface area (Å²) in [6.45, 7) is 8.55. The lowest BCUT2D eigenvalue weighted by atomic mass is 9.81. The first kappa shape index (κ1) is 33.6. The van der Waals surface area contributed by atoms with Crippen LogP contribution in [0, 0.1) is 0 Å². The Morgan fingerprint density at radius 2 is 0.837 bits per heavy atom. The standard InChI is InChI=1S/C42H45BrN2O4/c1-5-9-13-24(14-10-6-2)44-39(46)29-20-17-26-27-18-21-31-36-32(42(49)45(41(31)48)25(15-11-7-3)16-12-8-4)23-33(43)37(38(27)36)28-19-22-30(40(44)47)35(29)34(26)28/h17-25H,5-16H2,1-4H3. The molecule has 0 aromatic heterocycles. The third kappa shape index (κ3) is 5.17. The highest BCUT2D eigenvalue weighted by atomic mass is 79.9. The summed E-state index contributed by atoms with van der Waals surface area (Å²) in [5.74, 6) is -0.884. The first-order valence-electron chi connectivity index (χ1n) is 18.4. The lowest BCUT2D eigenvalue weighted by Crippen LogP contribution is -2.47. The molecular formula is C42H45BrN2O4. The number of amides is 4. The van der Waals surface area contributed by atoms with E-state index in [4.69, 9.17) is 0 Å². The molecule has 2 aliphatic heterocycles. The minimum Gasteiger partial charge on any atom is -0.271 e. The average Bonchev–Trinajstić information content (AvgIpc) is 3.10. The number of unbranched alkanes of at least 4 members (excludes halogenated alkanes) is 4. The molecule has 0 saturated heterocycles. The van der Waals surface area contributed by atoms with Gasteiger partial charge in [-0.05, 0) is 71.5 Å². The van der Waals surface area contributed by atoms with E-state index in [-0.39, 0.29) is 35.7 Å². The van der Waals surface area contributed by atoms with Gasteiger partial charge in [-0.25, -0.2) is 0 Å². The maximum atomic E-state index is 14.3. The third-order valence-electron chi connectivity index (χ3n) is 11.0. The van der Waals surface area contributed by atoms with E-state index in [1.54, 1.807) is 4.90 Å². The predicted octanol–water partition coefficient (Wildman–Crippen LogP) is 11.2. The number of rotatable bonds is 14. The van der Waals surface area contributed by atoms with Gasteiger partial charge in [-0.1, -0.05) is 113 Å². The summed E-state index contributed by atoms with van der Waals surface area (Å²) >= 11 is 3.86. The molecule has 4 amide bonds. The van der Waals surface area contributed by atoms with Crippen molar-refractivity contribution in [3.8, 4) is 0 Å². The van der Waals surface area contributed by atoms with Gasteiger partial charge in [-0.3, -0.25) is 29.0 Å². The second-order valence-corrected chi connectivity index (χ2v) is 15.0. The number of carbonyl (C=O) groups excluding carboxylic acids is 4. The van der Waals surface area contributed by atoms with Gasteiger partial charge < -0.3 is 0 Å². The van der Waals surface area contributed by atoms with Crippen molar-refractivity contribution in [2.24, 2.45) is 0 Å². The van der Waals surface area contributed by atoms with Gasteiger partial charge in [0.2, 0.25) is 0 Å². The van der Waals surface area contributed by atoms with E-state index >= 15 is 0 Å². The smallest absolute Gasteiger partial charge is 0.261 e. The van der Waals surface area contributed by atoms with Crippen LogP contribution < -0.4 is 0 Å². The van der Waals surface area contributed by atoms with Crippen LogP contribution in [0.1, 0.15) is 146 Å². The second kappa shape index (κ2) is 13.5. The Balaban J connectivity index is 1.44. The first-order valence-corrected chi connectivity index (χ1v) is 19.2. The molecule has 0 fully saturated rings. The summed E-state index contributed by atoms with van der Waals surface area (Å²) < 4.78 is 0.760. The van der Waals surface area contributed by atoms with Crippen LogP contribution in [0.3, 0.4) is 0 Å². The second-order valence-electron chi connectivity index (χ2n) is 14.1. The van der Waals surface area contributed by atoms with Crippen molar-refractivity contribution in [2.75, 3.05) is 0 Å². The number of benzene rings is 5. The van der Waals surface area contributed by atoms with Gasteiger partial charge in [0.15, 0.2) is 0 Å². The van der Waals surface area contributed by atoms with Crippen LogP contribution in [-0.2, 0) is 0 Å². The summed E-state index contributed by atoms with van der Waals surface area (Å²) in [6.07, 6.45) is 11.1. The van der Waals surface area contributed by atoms with Crippen molar-refractivity contribution in [3.63, 3.8) is 0 Å². The third-order valence-corrected chi connectivity index (χ3v) is 11.7. The Morgan fingerprint density at radius 1 is 0.469 bits per heavy atom. The number of carbonyl (C=O) groups is 4. The van der Waals surface area contributed by atoms with E-state index in [2.05, 4.69) is 43.6 Å². The van der Waals surface area contributed by atoms with E-state index in [9.17, 15) is 19.2 Å². The van der Waals surface area contributed by atoms with Crippen molar-refractivity contribution >= 4 is 82.6 Å². The van der Waals surface area contributed by atoms with Crippen LogP contribution in [-0.4, -0.2) is 45.5 Å². The fourth-order valence-electron chi connectivity index (χ4n) is 8.58. The molecule has 5 aromatic carbocycles. The van der Waals surface area contributed by atoms with Gasteiger partial charge in [-0.15, -0.1) is 0 Å². The number of hydrogen-bond donors (Lipinski definition) is 0.